The van der Waals surface area contributed by atoms with E-state index in [4.69, 9.17) is 0 Å². The van der Waals surface area contributed by atoms with Gasteiger partial charge in [0.1, 0.15) is 0 Å². The first-order valence-corrected chi connectivity index (χ1v) is 7.34. The molecule has 4 heteroatoms. The van der Waals surface area contributed by atoms with Gasteiger partial charge in [-0.15, -0.1) is 0 Å². The first kappa shape index (κ1) is 12.8. The van der Waals surface area contributed by atoms with Gasteiger partial charge in [0.15, 0.2) is 0 Å². The number of nitrogens with one attached hydrogen (secondary N) is 1. The minimum absolute atomic E-state index is 0.000784. The highest BCUT2D eigenvalue weighted by molar-refractivity contribution is 7.08. The summed E-state index contributed by atoms with van der Waals surface area (Å²) in [5, 5.41) is 7.94. The molecule has 0 atom stereocenters. The third-order valence-electron chi connectivity index (χ3n) is 3.06. The molecule has 3 nitrogen and oxygen atoms in total. The number of amides is 1. The number of pyridine rings is 1. The summed E-state index contributed by atoms with van der Waals surface area (Å²) in [5.74, 6) is -0.000784. The summed E-state index contributed by atoms with van der Waals surface area (Å²) in [7, 11) is 0. The molecule has 1 aromatic carbocycles. The quantitative estimate of drug-likeness (QED) is 0.794. The predicted molar refractivity (Wildman–Crippen MR) is 83.1 cm³/mol. The molecule has 1 amide bonds. The SMILES string of the molecule is Cc1cc(NC(=O)Cc2ccsc2)c2ccccc2n1. The van der Waals surface area contributed by atoms with Crippen molar-refractivity contribution in [2.75, 3.05) is 5.32 Å². The van der Waals surface area contributed by atoms with Gasteiger partial charge < -0.3 is 5.32 Å². The van der Waals surface area contributed by atoms with Crippen LogP contribution in [0.4, 0.5) is 5.69 Å². The van der Waals surface area contributed by atoms with Gasteiger partial charge in [-0.1, -0.05) is 18.2 Å². The number of anilines is 1. The van der Waals surface area contributed by atoms with E-state index in [1.807, 2.05) is 54.1 Å². The summed E-state index contributed by atoms with van der Waals surface area (Å²) in [4.78, 5) is 16.6. The lowest BCUT2D eigenvalue weighted by molar-refractivity contribution is -0.115. The van der Waals surface area contributed by atoms with Crippen LogP contribution in [0.3, 0.4) is 0 Å². The molecule has 3 rings (SSSR count). The van der Waals surface area contributed by atoms with Gasteiger partial charge in [-0.25, -0.2) is 0 Å². The van der Waals surface area contributed by atoms with Crippen molar-refractivity contribution in [3.8, 4) is 0 Å². The second-order valence-electron chi connectivity index (χ2n) is 4.68. The molecule has 2 aromatic heterocycles. The Morgan fingerprint density at radius 2 is 2.15 bits per heavy atom. The average molecular weight is 282 g/mol. The zero-order chi connectivity index (χ0) is 13.9. The molecule has 20 heavy (non-hydrogen) atoms. The van der Waals surface area contributed by atoms with Gasteiger partial charge in [0.2, 0.25) is 5.91 Å². The predicted octanol–water partition coefficient (Wildman–Crippen LogP) is 3.79. The Labute approximate surface area is 121 Å². The maximum absolute atomic E-state index is 12.1. The molecule has 0 aliphatic carbocycles. The van der Waals surface area contributed by atoms with E-state index in [-0.39, 0.29) is 5.91 Å². The Kier molecular flexibility index (Phi) is 3.48. The van der Waals surface area contributed by atoms with Crippen LogP contribution in [0.2, 0.25) is 0 Å². The Morgan fingerprint density at radius 3 is 2.95 bits per heavy atom. The fourth-order valence-electron chi connectivity index (χ4n) is 2.18. The lowest BCUT2D eigenvalue weighted by atomic mass is 10.1. The summed E-state index contributed by atoms with van der Waals surface area (Å²) >= 11 is 1.60. The van der Waals surface area contributed by atoms with E-state index in [0.717, 1.165) is 27.8 Å². The third kappa shape index (κ3) is 2.70. The van der Waals surface area contributed by atoms with E-state index in [9.17, 15) is 4.79 Å². The molecule has 0 fully saturated rings. The number of para-hydroxylation sites is 1. The van der Waals surface area contributed by atoms with Crippen LogP contribution < -0.4 is 5.32 Å². The molecule has 2 heterocycles. The van der Waals surface area contributed by atoms with Crippen molar-refractivity contribution < 1.29 is 4.79 Å². The number of rotatable bonds is 3. The normalized spacial score (nSPS) is 10.7. The number of thiophene rings is 1. The van der Waals surface area contributed by atoms with Crippen molar-refractivity contribution in [1.82, 2.24) is 4.98 Å². The van der Waals surface area contributed by atoms with Crippen LogP contribution in [-0.4, -0.2) is 10.9 Å². The molecule has 0 saturated heterocycles. The number of hydrogen-bond donors (Lipinski definition) is 1. The smallest absolute Gasteiger partial charge is 0.228 e. The zero-order valence-corrected chi connectivity index (χ0v) is 11.9. The van der Waals surface area contributed by atoms with Crippen molar-refractivity contribution in [1.29, 1.82) is 0 Å². The fraction of sp³-hybridized carbons (Fsp3) is 0.125. The number of carbonyl (C=O) groups is 1. The molecule has 0 bridgehead atoms. The highest BCUT2D eigenvalue weighted by Crippen LogP contribution is 2.23. The van der Waals surface area contributed by atoms with Crippen molar-refractivity contribution in [3.05, 3.63) is 58.4 Å². The summed E-state index contributed by atoms with van der Waals surface area (Å²) in [6.07, 6.45) is 0.402. The number of aromatic nitrogens is 1. The van der Waals surface area contributed by atoms with Crippen LogP contribution in [-0.2, 0) is 11.2 Å². The standard InChI is InChI=1S/C16H14N2OS/c1-11-8-15(13-4-2-3-5-14(13)17-11)18-16(19)9-12-6-7-20-10-12/h2-8,10H,9H2,1H3,(H,17,18,19). The van der Waals surface area contributed by atoms with Crippen LogP contribution in [0.5, 0.6) is 0 Å². The number of carbonyl (C=O) groups excluding carboxylic acids is 1. The van der Waals surface area contributed by atoms with Crippen LogP contribution >= 0.6 is 11.3 Å². The Bertz CT molecular complexity index is 750. The van der Waals surface area contributed by atoms with E-state index >= 15 is 0 Å². The summed E-state index contributed by atoms with van der Waals surface area (Å²) in [5.41, 5.74) is 3.67. The largest absolute Gasteiger partial charge is 0.325 e. The van der Waals surface area contributed by atoms with Gasteiger partial charge in [-0.2, -0.15) is 11.3 Å². The highest BCUT2D eigenvalue weighted by Gasteiger charge is 2.08. The number of benzene rings is 1. The van der Waals surface area contributed by atoms with Crippen LogP contribution in [0, 0.1) is 6.92 Å². The van der Waals surface area contributed by atoms with Crippen molar-refractivity contribution in [2.45, 2.75) is 13.3 Å². The number of hydrogen-bond acceptors (Lipinski definition) is 3. The molecule has 0 saturated carbocycles. The Hall–Kier alpha value is -2.20. The average Bonchev–Trinajstić information content (AvgIpc) is 2.91. The van der Waals surface area contributed by atoms with E-state index in [1.165, 1.54) is 0 Å². The van der Waals surface area contributed by atoms with Crippen molar-refractivity contribution in [2.24, 2.45) is 0 Å². The molecule has 0 radical (unpaired) electrons. The first-order valence-electron chi connectivity index (χ1n) is 6.40. The number of aryl methyl sites for hydroxylation is 1. The fourth-order valence-corrected chi connectivity index (χ4v) is 2.85. The van der Waals surface area contributed by atoms with Crippen molar-refractivity contribution in [3.63, 3.8) is 0 Å². The molecular weight excluding hydrogens is 268 g/mol. The minimum Gasteiger partial charge on any atom is -0.325 e. The molecule has 0 unspecified atom stereocenters. The Morgan fingerprint density at radius 1 is 1.30 bits per heavy atom. The molecule has 0 aliphatic heterocycles. The van der Waals surface area contributed by atoms with Gasteiger partial charge in [-0.3, -0.25) is 9.78 Å². The molecule has 1 N–H and O–H groups in total. The summed E-state index contributed by atoms with van der Waals surface area (Å²) in [6, 6.07) is 11.7. The van der Waals surface area contributed by atoms with Crippen molar-refractivity contribution >= 4 is 33.8 Å². The minimum atomic E-state index is -0.000784. The molecule has 3 aromatic rings. The first-order chi connectivity index (χ1) is 9.72. The van der Waals surface area contributed by atoms with Gasteiger partial charge >= 0.3 is 0 Å². The van der Waals surface area contributed by atoms with Gasteiger partial charge in [0.25, 0.3) is 0 Å². The number of nitrogens with zero attached hydrogens (tertiary/aromatic N) is 1. The molecule has 100 valence electrons. The van der Waals surface area contributed by atoms with E-state index in [2.05, 4.69) is 10.3 Å². The zero-order valence-electron chi connectivity index (χ0n) is 11.1. The lowest BCUT2D eigenvalue weighted by Crippen LogP contribution is -2.14. The summed E-state index contributed by atoms with van der Waals surface area (Å²) in [6.45, 7) is 1.93. The maximum Gasteiger partial charge on any atom is 0.228 e. The highest BCUT2D eigenvalue weighted by atomic mass is 32.1. The molecule has 0 aliphatic rings. The van der Waals surface area contributed by atoms with E-state index < -0.39 is 0 Å². The monoisotopic (exact) mass is 282 g/mol. The van der Waals surface area contributed by atoms with Gasteiger partial charge in [-0.05, 0) is 41.4 Å². The molecular formula is C16H14N2OS. The topological polar surface area (TPSA) is 42.0 Å². The second kappa shape index (κ2) is 5.43. The van der Waals surface area contributed by atoms with Gasteiger partial charge in [0, 0.05) is 11.1 Å². The van der Waals surface area contributed by atoms with E-state index in [1.54, 1.807) is 11.3 Å². The summed E-state index contributed by atoms with van der Waals surface area (Å²) < 4.78 is 0. The van der Waals surface area contributed by atoms with Crippen LogP contribution in [0.15, 0.2) is 47.2 Å². The van der Waals surface area contributed by atoms with Crippen LogP contribution in [0.1, 0.15) is 11.3 Å². The second-order valence-corrected chi connectivity index (χ2v) is 5.46. The number of fused-ring (bicyclic) bond motifs is 1. The Balaban J connectivity index is 1.88. The lowest BCUT2D eigenvalue weighted by Gasteiger charge is -2.09. The third-order valence-corrected chi connectivity index (χ3v) is 3.80. The maximum atomic E-state index is 12.1. The van der Waals surface area contributed by atoms with Crippen LogP contribution in [0.25, 0.3) is 10.9 Å². The van der Waals surface area contributed by atoms with Gasteiger partial charge in [0.05, 0.1) is 17.6 Å². The van der Waals surface area contributed by atoms with E-state index in [0.29, 0.717) is 6.42 Å². The molecule has 0 spiro atoms.